The van der Waals surface area contributed by atoms with Gasteiger partial charge in [-0.3, -0.25) is 4.98 Å². The van der Waals surface area contributed by atoms with Crippen LogP contribution < -0.4 is 5.73 Å². The summed E-state index contributed by atoms with van der Waals surface area (Å²) in [5, 5.41) is 0. The van der Waals surface area contributed by atoms with Crippen molar-refractivity contribution in [3.63, 3.8) is 0 Å². The number of alkyl halides is 3. The number of thiol groups is 1. The number of nitrogens with zero attached hydrogens (tertiary/aromatic N) is 3. The first-order valence-electron chi connectivity index (χ1n) is 7.61. The van der Waals surface area contributed by atoms with Gasteiger partial charge in [-0.05, 0) is 17.7 Å². The van der Waals surface area contributed by atoms with Crippen LogP contribution in [-0.4, -0.2) is 23.4 Å². The summed E-state index contributed by atoms with van der Waals surface area (Å²) in [4.78, 5) is 11.8. The lowest BCUT2D eigenvalue weighted by Gasteiger charge is -2.09. The molecule has 2 aromatic heterocycles. The first-order chi connectivity index (χ1) is 12.7. The van der Waals surface area contributed by atoms with E-state index >= 15 is 0 Å². The highest BCUT2D eigenvalue weighted by Crippen LogP contribution is 2.30. The SMILES string of the molecule is Nc1ncc(-c2ccc(C[SH](=O)=O)cc2)nc1-c1ccc(C(F)(F)F)nc1. The molecule has 0 saturated heterocycles. The summed E-state index contributed by atoms with van der Waals surface area (Å²) < 4.78 is 59.5. The zero-order valence-corrected chi connectivity index (χ0v) is 14.5. The van der Waals surface area contributed by atoms with Gasteiger partial charge in [0.15, 0.2) is 0 Å². The number of nitrogens with two attached hydrogens (primary N) is 1. The molecule has 0 aliphatic carbocycles. The zero-order chi connectivity index (χ0) is 19.6. The van der Waals surface area contributed by atoms with Gasteiger partial charge >= 0.3 is 6.18 Å². The van der Waals surface area contributed by atoms with Crippen LogP contribution in [0, 0.1) is 0 Å². The quantitative estimate of drug-likeness (QED) is 0.660. The van der Waals surface area contributed by atoms with E-state index in [1.807, 2.05) is 0 Å². The Bertz CT molecular complexity index is 1030. The summed E-state index contributed by atoms with van der Waals surface area (Å²) in [5.41, 5.74) is 7.04. The Balaban J connectivity index is 1.95. The molecule has 3 aromatic rings. The predicted octanol–water partition coefficient (Wildman–Crippen LogP) is 2.92. The van der Waals surface area contributed by atoms with Crippen molar-refractivity contribution in [2.45, 2.75) is 11.9 Å². The molecular weight excluding hydrogens is 381 g/mol. The summed E-state index contributed by atoms with van der Waals surface area (Å²) in [6, 6.07) is 8.75. The Morgan fingerprint density at radius 2 is 1.59 bits per heavy atom. The molecule has 6 nitrogen and oxygen atoms in total. The van der Waals surface area contributed by atoms with E-state index in [0.29, 0.717) is 22.4 Å². The Kier molecular flexibility index (Phi) is 5.08. The Hall–Kier alpha value is -3.01. The minimum atomic E-state index is -4.53. The molecule has 0 aliphatic heterocycles. The third-order valence-corrected chi connectivity index (χ3v) is 4.31. The number of nitrogen functional groups attached to an aromatic ring is 1. The second kappa shape index (κ2) is 7.31. The summed E-state index contributed by atoms with van der Waals surface area (Å²) in [5.74, 6) is -0.00817. The molecule has 0 amide bonds. The number of anilines is 1. The van der Waals surface area contributed by atoms with E-state index in [1.165, 1.54) is 12.3 Å². The van der Waals surface area contributed by atoms with Gasteiger partial charge in [0.25, 0.3) is 0 Å². The van der Waals surface area contributed by atoms with Crippen molar-refractivity contribution in [2.24, 2.45) is 0 Å². The van der Waals surface area contributed by atoms with Crippen molar-refractivity contribution in [1.82, 2.24) is 15.0 Å². The molecule has 0 aliphatic rings. The molecule has 2 N–H and O–H groups in total. The second-order valence-electron chi connectivity index (χ2n) is 5.61. The van der Waals surface area contributed by atoms with Crippen LogP contribution in [0.25, 0.3) is 22.5 Å². The van der Waals surface area contributed by atoms with E-state index in [4.69, 9.17) is 5.73 Å². The van der Waals surface area contributed by atoms with Crippen LogP contribution in [0.5, 0.6) is 0 Å². The summed E-state index contributed by atoms with van der Waals surface area (Å²) in [7, 11) is -2.52. The monoisotopic (exact) mass is 394 g/mol. The second-order valence-corrected chi connectivity index (χ2v) is 6.59. The minimum absolute atomic E-state index is 0.0558. The molecule has 140 valence electrons. The van der Waals surface area contributed by atoms with Crippen molar-refractivity contribution in [3.05, 3.63) is 60.0 Å². The fourth-order valence-electron chi connectivity index (χ4n) is 2.38. The van der Waals surface area contributed by atoms with E-state index in [9.17, 15) is 21.6 Å². The molecule has 10 heteroatoms. The van der Waals surface area contributed by atoms with Crippen molar-refractivity contribution in [2.75, 3.05) is 5.73 Å². The number of hydrogen-bond donors (Lipinski definition) is 2. The van der Waals surface area contributed by atoms with Crippen LogP contribution in [-0.2, 0) is 22.6 Å². The van der Waals surface area contributed by atoms with Gasteiger partial charge < -0.3 is 5.73 Å². The Morgan fingerprint density at radius 1 is 0.926 bits per heavy atom. The molecule has 27 heavy (non-hydrogen) atoms. The van der Waals surface area contributed by atoms with Gasteiger partial charge in [-0.1, -0.05) is 24.3 Å². The van der Waals surface area contributed by atoms with Crippen LogP contribution in [0.4, 0.5) is 19.0 Å². The van der Waals surface area contributed by atoms with Crippen LogP contribution in [0.2, 0.25) is 0 Å². The molecule has 0 radical (unpaired) electrons. The molecule has 0 saturated carbocycles. The normalized spacial score (nSPS) is 11.7. The van der Waals surface area contributed by atoms with Gasteiger partial charge in [-0.2, -0.15) is 13.2 Å². The number of halogens is 3. The number of rotatable bonds is 4. The first kappa shape index (κ1) is 18.8. The van der Waals surface area contributed by atoms with Gasteiger partial charge in [-0.25, -0.2) is 18.4 Å². The smallest absolute Gasteiger partial charge is 0.382 e. The topological polar surface area (TPSA) is 98.8 Å². The molecule has 0 atom stereocenters. The maximum absolute atomic E-state index is 12.6. The summed E-state index contributed by atoms with van der Waals surface area (Å²) in [6.45, 7) is 0. The Morgan fingerprint density at radius 3 is 2.15 bits per heavy atom. The average Bonchev–Trinajstić information content (AvgIpc) is 2.62. The summed E-state index contributed by atoms with van der Waals surface area (Å²) >= 11 is 0. The third kappa shape index (κ3) is 4.40. The molecule has 0 spiro atoms. The lowest BCUT2D eigenvalue weighted by molar-refractivity contribution is -0.141. The van der Waals surface area contributed by atoms with Crippen molar-refractivity contribution in [1.29, 1.82) is 0 Å². The molecule has 0 unspecified atom stereocenters. The van der Waals surface area contributed by atoms with E-state index in [1.54, 1.807) is 24.3 Å². The zero-order valence-electron chi connectivity index (χ0n) is 13.6. The highest BCUT2D eigenvalue weighted by molar-refractivity contribution is 7.71. The maximum atomic E-state index is 12.6. The largest absolute Gasteiger partial charge is 0.433 e. The molecule has 3 rings (SSSR count). The van der Waals surface area contributed by atoms with Gasteiger partial charge in [0.05, 0.1) is 17.6 Å². The van der Waals surface area contributed by atoms with Crippen molar-refractivity contribution < 1.29 is 21.6 Å². The fourth-order valence-corrected chi connectivity index (χ4v) is 2.89. The highest BCUT2D eigenvalue weighted by Gasteiger charge is 2.32. The average molecular weight is 394 g/mol. The number of benzene rings is 1. The summed E-state index contributed by atoms with van der Waals surface area (Å²) in [6.07, 6.45) is -2.06. The van der Waals surface area contributed by atoms with E-state index in [2.05, 4.69) is 15.0 Å². The number of hydrogen-bond acceptors (Lipinski definition) is 6. The van der Waals surface area contributed by atoms with Crippen LogP contribution in [0.1, 0.15) is 11.3 Å². The molecule has 0 fully saturated rings. The highest BCUT2D eigenvalue weighted by atomic mass is 32.2. The van der Waals surface area contributed by atoms with Gasteiger partial charge in [0.1, 0.15) is 27.9 Å². The first-order valence-corrected chi connectivity index (χ1v) is 8.97. The van der Waals surface area contributed by atoms with E-state index < -0.39 is 22.6 Å². The minimum Gasteiger partial charge on any atom is -0.382 e. The molecule has 2 heterocycles. The third-order valence-electron chi connectivity index (χ3n) is 3.69. The van der Waals surface area contributed by atoms with Crippen LogP contribution >= 0.6 is 0 Å². The fraction of sp³-hybridized carbons (Fsp3) is 0.118. The molecule has 0 bridgehead atoms. The van der Waals surface area contributed by atoms with Crippen molar-refractivity contribution in [3.8, 4) is 22.5 Å². The van der Waals surface area contributed by atoms with Crippen LogP contribution in [0.15, 0.2) is 48.8 Å². The molecule has 1 aromatic carbocycles. The number of pyridine rings is 1. The lowest BCUT2D eigenvalue weighted by Crippen LogP contribution is -2.07. The van der Waals surface area contributed by atoms with Gasteiger partial charge in [0, 0.05) is 17.3 Å². The standard InChI is InChI=1S/C17H13F3N4O2S/c18-17(19,20)14-6-5-12(7-22-14)15-16(21)23-8-13(24-15)11-3-1-10(2-4-11)9-27(25)26/h1-8,27H,9H2,(H2,21,23). The predicted molar refractivity (Wildman–Crippen MR) is 94.1 cm³/mol. The van der Waals surface area contributed by atoms with Crippen LogP contribution in [0.3, 0.4) is 0 Å². The van der Waals surface area contributed by atoms with E-state index in [0.717, 1.165) is 12.3 Å². The van der Waals surface area contributed by atoms with Gasteiger partial charge in [-0.15, -0.1) is 0 Å². The van der Waals surface area contributed by atoms with Gasteiger partial charge in [0.2, 0.25) is 0 Å². The lowest BCUT2D eigenvalue weighted by atomic mass is 10.1. The van der Waals surface area contributed by atoms with Crippen molar-refractivity contribution >= 4 is 16.5 Å². The number of aromatic nitrogens is 3. The maximum Gasteiger partial charge on any atom is 0.433 e. The van der Waals surface area contributed by atoms with E-state index in [-0.39, 0.29) is 17.3 Å². The Labute approximate surface area is 153 Å². The molecular formula is C17H13F3N4O2S.